The minimum Gasteiger partial charge on any atom is -0.390 e. The Morgan fingerprint density at radius 2 is 2.15 bits per heavy atom. The first-order valence-corrected chi connectivity index (χ1v) is 7.87. The lowest BCUT2D eigenvalue weighted by Gasteiger charge is -2.27. The lowest BCUT2D eigenvalue weighted by Crippen LogP contribution is -2.29. The molecule has 112 valence electrons. The predicted octanol–water partition coefficient (Wildman–Crippen LogP) is 3.19. The molecule has 0 aliphatic carbocycles. The summed E-state index contributed by atoms with van der Waals surface area (Å²) in [6.07, 6.45) is 2.69. The minimum atomic E-state index is -0.533. The third kappa shape index (κ3) is 3.87. The van der Waals surface area contributed by atoms with Crippen LogP contribution in [0, 0.1) is 0 Å². The Morgan fingerprint density at radius 3 is 2.90 bits per heavy atom. The second-order valence-electron chi connectivity index (χ2n) is 5.86. The summed E-state index contributed by atoms with van der Waals surface area (Å²) in [4.78, 5) is 2.36. The van der Waals surface area contributed by atoms with E-state index in [-0.39, 0.29) is 0 Å². The number of nitrogens with zero attached hydrogens (tertiary/aromatic N) is 1. The predicted molar refractivity (Wildman–Crippen MR) is 85.5 cm³/mol. The summed E-state index contributed by atoms with van der Waals surface area (Å²) in [6.45, 7) is 7.62. The quantitative estimate of drug-likeness (QED) is 0.896. The molecule has 1 fully saturated rings. The molecule has 2 N–H and O–H groups in total. The van der Waals surface area contributed by atoms with Crippen LogP contribution in [0.15, 0.2) is 18.2 Å². The fraction of sp³-hybridized carbons (Fsp3) is 0.625. The Labute approximate surface area is 126 Å². The maximum Gasteiger partial charge on any atom is 0.0637 e. The normalized spacial score (nSPS) is 23.7. The summed E-state index contributed by atoms with van der Waals surface area (Å²) >= 11 is 6.37. The van der Waals surface area contributed by atoms with Crippen molar-refractivity contribution in [3.05, 3.63) is 28.8 Å². The molecule has 20 heavy (non-hydrogen) atoms. The van der Waals surface area contributed by atoms with Crippen LogP contribution in [0.25, 0.3) is 0 Å². The van der Waals surface area contributed by atoms with Gasteiger partial charge in [-0.2, -0.15) is 0 Å². The number of hydrogen-bond donors (Lipinski definition) is 2. The van der Waals surface area contributed by atoms with Crippen molar-refractivity contribution >= 4 is 17.3 Å². The van der Waals surface area contributed by atoms with Crippen molar-refractivity contribution in [1.29, 1.82) is 0 Å². The fourth-order valence-electron chi connectivity index (χ4n) is 2.77. The topological polar surface area (TPSA) is 35.5 Å². The third-order valence-electron chi connectivity index (χ3n) is 4.05. The highest BCUT2D eigenvalue weighted by atomic mass is 35.5. The summed E-state index contributed by atoms with van der Waals surface area (Å²) in [5, 5.41) is 14.4. The summed E-state index contributed by atoms with van der Waals surface area (Å²) in [5.74, 6) is 0. The van der Waals surface area contributed by atoms with Crippen LogP contribution < -0.4 is 10.2 Å². The van der Waals surface area contributed by atoms with E-state index in [0.29, 0.717) is 0 Å². The van der Waals surface area contributed by atoms with Crippen molar-refractivity contribution < 1.29 is 5.11 Å². The summed E-state index contributed by atoms with van der Waals surface area (Å²) in [6, 6.07) is 6.10. The van der Waals surface area contributed by atoms with E-state index in [9.17, 15) is 5.11 Å². The molecule has 1 atom stereocenters. The Bertz CT molecular complexity index is 448. The molecule has 1 aliphatic rings. The van der Waals surface area contributed by atoms with Crippen molar-refractivity contribution in [3.8, 4) is 0 Å². The number of anilines is 1. The van der Waals surface area contributed by atoms with Crippen LogP contribution in [0.5, 0.6) is 0 Å². The maximum absolute atomic E-state index is 10.2. The highest BCUT2D eigenvalue weighted by molar-refractivity contribution is 6.31. The summed E-state index contributed by atoms with van der Waals surface area (Å²) in [7, 11) is 0. The molecule has 1 aliphatic heterocycles. The zero-order chi connectivity index (χ0) is 14.6. The lowest BCUT2D eigenvalue weighted by molar-refractivity contribution is 0.0481. The van der Waals surface area contributed by atoms with Gasteiger partial charge in [-0.3, -0.25) is 0 Å². The van der Waals surface area contributed by atoms with Crippen LogP contribution in [0.1, 0.15) is 38.7 Å². The molecule has 0 aromatic heterocycles. The van der Waals surface area contributed by atoms with E-state index < -0.39 is 5.60 Å². The molecule has 0 spiro atoms. The van der Waals surface area contributed by atoms with Crippen molar-refractivity contribution in [2.24, 2.45) is 0 Å². The molecule has 0 radical (unpaired) electrons. The summed E-state index contributed by atoms with van der Waals surface area (Å²) < 4.78 is 0. The highest BCUT2D eigenvalue weighted by Crippen LogP contribution is 2.31. The number of hydrogen-bond acceptors (Lipinski definition) is 3. The SMILES string of the molecule is CCNCc1c(Cl)cccc1N1CCCC(C)(O)CC1. The molecule has 1 saturated heterocycles. The first kappa shape index (κ1) is 15.6. The van der Waals surface area contributed by atoms with Crippen LogP contribution in [0.2, 0.25) is 5.02 Å². The fourth-order valence-corrected chi connectivity index (χ4v) is 3.01. The highest BCUT2D eigenvalue weighted by Gasteiger charge is 2.26. The van der Waals surface area contributed by atoms with Gasteiger partial charge in [-0.25, -0.2) is 0 Å². The number of rotatable bonds is 4. The van der Waals surface area contributed by atoms with Crippen molar-refractivity contribution in [2.45, 2.75) is 45.3 Å². The standard InChI is InChI=1S/C16H25ClN2O/c1-3-18-12-13-14(17)6-4-7-15(13)19-10-5-8-16(2,20)9-11-19/h4,6-7,18,20H,3,5,8-12H2,1-2H3. The van der Waals surface area contributed by atoms with E-state index in [1.807, 2.05) is 19.1 Å². The third-order valence-corrected chi connectivity index (χ3v) is 4.40. The first-order chi connectivity index (χ1) is 9.53. The molecule has 0 bridgehead atoms. The molecular formula is C16H25ClN2O. The molecule has 0 saturated carbocycles. The molecule has 1 aromatic carbocycles. The smallest absolute Gasteiger partial charge is 0.0637 e. The zero-order valence-electron chi connectivity index (χ0n) is 12.5. The van der Waals surface area contributed by atoms with Gasteiger partial charge in [-0.05, 0) is 44.9 Å². The van der Waals surface area contributed by atoms with E-state index >= 15 is 0 Å². The summed E-state index contributed by atoms with van der Waals surface area (Å²) in [5.41, 5.74) is 1.84. The van der Waals surface area contributed by atoms with Crippen LogP contribution in [0.4, 0.5) is 5.69 Å². The van der Waals surface area contributed by atoms with E-state index in [4.69, 9.17) is 11.6 Å². The van der Waals surface area contributed by atoms with Gasteiger partial charge in [0.25, 0.3) is 0 Å². The van der Waals surface area contributed by atoms with Gasteiger partial charge in [0, 0.05) is 35.9 Å². The molecule has 2 rings (SSSR count). The minimum absolute atomic E-state index is 0.533. The van der Waals surface area contributed by atoms with Gasteiger partial charge in [0.2, 0.25) is 0 Å². The Balaban J connectivity index is 2.21. The molecular weight excluding hydrogens is 272 g/mol. The van der Waals surface area contributed by atoms with Crippen molar-refractivity contribution in [3.63, 3.8) is 0 Å². The molecule has 0 amide bonds. The van der Waals surface area contributed by atoms with Gasteiger partial charge >= 0.3 is 0 Å². The van der Waals surface area contributed by atoms with Gasteiger partial charge in [-0.1, -0.05) is 24.6 Å². The van der Waals surface area contributed by atoms with Gasteiger partial charge in [0.05, 0.1) is 5.60 Å². The monoisotopic (exact) mass is 296 g/mol. The molecule has 1 unspecified atom stereocenters. The van der Waals surface area contributed by atoms with E-state index in [2.05, 4.69) is 23.2 Å². The molecule has 3 nitrogen and oxygen atoms in total. The van der Waals surface area contributed by atoms with Crippen molar-refractivity contribution in [2.75, 3.05) is 24.5 Å². The largest absolute Gasteiger partial charge is 0.390 e. The van der Waals surface area contributed by atoms with E-state index in [1.54, 1.807) is 0 Å². The average molecular weight is 297 g/mol. The van der Waals surface area contributed by atoms with Crippen molar-refractivity contribution in [1.82, 2.24) is 5.32 Å². The maximum atomic E-state index is 10.2. The molecule has 1 aromatic rings. The van der Waals surface area contributed by atoms with Gasteiger partial charge in [0.15, 0.2) is 0 Å². The lowest BCUT2D eigenvalue weighted by atomic mass is 9.98. The van der Waals surface area contributed by atoms with Crippen LogP contribution in [-0.4, -0.2) is 30.3 Å². The van der Waals surface area contributed by atoms with Gasteiger partial charge < -0.3 is 15.3 Å². The number of halogens is 1. The van der Waals surface area contributed by atoms with Crippen LogP contribution in [-0.2, 0) is 6.54 Å². The van der Waals surface area contributed by atoms with Gasteiger partial charge in [-0.15, -0.1) is 0 Å². The Hall–Kier alpha value is -0.770. The number of aliphatic hydroxyl groups is 1. The number of benzene rings is 1. The van der Waals surface area contributed by atoms with E-state index in [1.165, 1.54) is 5.69 Å². The Morgan fingerprint density at radius 1 is 1.35 bits per heavy atom. The molecule has 4 heteroatoms. The first-order valence-electron chi connectivity index (χ1n) is 7.49. The van der Waals surface area contributed by atoms with Crippen LogP contribution in [0.3, 0.4) is 0 Å². The number of nitrogens with one attached hydrogen (secondary N) is 1. The molecule has 1 heterocycles. The second-order valence-corrected chi connectivity index (χ2v) is 6.26. The van der Waals surface area contributed by atoms with Crippen LogP contribution >= 0.6 is 11.6 Å². The second kappa shape index (κ2) is 6.79. The Kier molecular flexibility index (Phi) is 5.30. The zero-order valence-corrected chi connectivity index (χ0v) is 13.2. The van der Waals surface area contributed by atoms with E-state index in [0.717, 1.165) is 56.0 Å². The average Bonchev–Trinajstić information content (AvgIpc) is 2.58. The van der Waals surface area contributed by atoms with Gasteiger partial charge in [0.1, 0.15) is 0 Å².